The van der Waals surface area contributed by atoms with E-state index in [0.717, 1.165) is 40.6 Å². The SMILES string of the molecule is Cc1nc2c(N3CCCC(C)C3)c(C#N)c(=O)n(C)c2s1. The number of hydrogen-bond donors (Lipinski definition) is 0. The lowest BCUT2D eigenvalue weighted by atomic mass is 9.99. The number of hydrogen-bond acceptors (Lipinski definition) is 5. The Labute approximate surface area is 127 Å². The molecular weight excluding hydrogens is 284 g/mol. The highest BCUT2D eigenvalue weighted by molar-refractivity contribution is 7.18. The van der Waals surface area contributed by atoms with Gasteiger partial charge in [-0.15, -0.1) is 11.3 Å². The van der Waals surface area contributed by atoms with Gasteiger partial charge in [-0.1, -0.05) is 6.92 Å². The van der Waals surface area contributed by atoms with Crippen molar-refractivity contribution < 1.29 is 0 Å². The molecule has 0 N–H and O–H groups in total. The number of piperidine rings is 1. The van der Waals surface area contributed by atoms with Gasteiger partial charge in [0.05, 0.1) is 10.7 Å². The van der Waals surface area contributed by atoms with Gasteiger partial charge in [-0.3, -0.25) is 4.79 Å². The number of nitriles is 1. The molecule has 1 aliphatic heterocycles. The van der Waals surface area contributed by atoms with Crippen molar-refractivity contribution in [2.75, 3.05) is 18.0 Å². The van der Waals surface area contributed by atoms with E-state index >= 15 is 0 Å². The van der Waals surface area contributed by atoms with Crippen LogP contribution in [-0.4, -0.2) is 22.6 Å². The molecule has 1 aliphatic rings. The van der Waals surface area contributed by atoms with Crippen molar-refractivity contribution in [2.45, 2.75) is 26.7 Å². The Morgan fingerprint density at radius 1 is 1.48 bits per heavy atom. The fourth-order valence-electron chi connectivity index (χ4n) is 3.08. The first-order valence-electron chi connectivity index (χ1n) is 7.18. The van der Waals surface area contributed by atoms with E-state index in [0.29, 0.717) is 5.92 Å². The number of pyridine rings is 1. The maximum atomic E-state index is 12.5. The minimum Gasteiger partial charge on any atom is -0.368 e. The number of nitrogens with zero attached hydrogens (tertiary/aromatic N) is 4. The van der Waals surface area contributed by atoms with Crippen molar-refractivity contribution in [1.29, 1.82) is 5.26 Å². The van der Waals surface area contributed by atoms with Gasteiger partial charge in [0.25, 0.3) is 5.56 Å². The highest BCUT2D eigenvalue weighted by Crippen LogP contribution is 2.33. The van der Waals surface area contributed by atoms with E-state index in [1.807, 2.05) is 6.92 Å². The summed E-state index contributed by atoms with van der Waals surface area (Å²) in [5.74, 6) is 0.573. The number of thiazole rings is 1. The van der Waals surface area contributed by atoms with Crippen molar-refractivity contribution in [1.82, 2.24) is 9.55 Å². The molecule has 1 unspecified atom stereocenters. The lowest BCUT2D eigenvalue weighted by molar-refractivity contribution is 0.447. The molecule has 2 aromatic heterocycles. The zero-order valence-corrected chi connectivity index (χ0v) is 13.3. The topological polar surface area (TPSA) is 61.9 Å². The van der Waals surface area contributed by atoms with Gasteiger partial charge >= 0.3 is 0 Å². The van der Waals surface area contributed by atoms with E-state index in [9.17, 15) is 10.1 Å². The van der Waals surface area contributed by atoms with Gasteiger partial charge in [-0.25, -0.2) is 4.98 Å². The summed E-state index contributed by atoms with van der Waals surface area (Å²) in [6, 6.07) is 2.11. The van der Waals surface area contributed by atoms with Gasteiger partial charge in [0, 0.05) is 20.1 Å². The van der Waals surface area contributed by atoms with Crippen molar-refractivity contribution in [2.24, 2.45) is 13.0 Å². The Balaban J connectivity index is 2.32. The van der Waals surface area contributed by atoms with Crippen molar-refractivity contribution in [3.05, 3.63) is 20.9 Å². The Kier molecular flexibility index (Phi) is 3.46. The molecule has 2 aromatic rings. The normalized spacial score (nSPS) is 19.0. The highest BCUT2D eigenvalue weighted by atomic mass is 32.1. The first-order valence-corrected chi connectivity index (χ1v) is 7.99. The lowest BCUT2D eigenvalue weighted by Crippen LogP contribution is -2.36. The van der Waals surface area contributed by atoms with Crippen LogP contribution in [0.1, 0.15) is 30.3 Å². The van der Waals surface area contributed by atoms with Crippen LogP contribution in [0.3, 0.4) is 0 Å². The number of aryl methyl sites for hydroxylation is 2. The Bertz CT molecular complexity index is 799. The summed E-state index contributed by atoms with van der Waals surface area (Å²) < 4.78 is 1.55. The van der Waals surface area contributed by atoms with Crippen molar-refractivity contribution >= 4 is 27.4 Å². The molecule has 3 heterocycles. The third-order valence-electron chi connectivity index (χ3n) is 4.09. The predicted molar refractivity (Wildman–Crippen MR) is 84.9 cm³/mol. The van der Waals surface area contributed by atoms with Crippen LogP contribution in [0.25, 0.3) is 10.3 Å². The molecule has 0 bridgehead atoms. The minimum absolute atomic E-state index is 0.220. The molecule has 0 amide bonds. The molecule has 1 atom stereocenters. The van der Waals surface area contributed by atoms with Gasteiger partial charge in [0.1, 0.15) is 22.0 Å². The van der Waals surface area contributed by atoms with Crippen LogP contribution in [-0.2, 0) is 7.05 Å². The largest absolute Gasteiger partial charge is 0.368 e. The molecule has 1 fully saturated rings. The summed E-state index contributed by atoms with van der Waals surface area (Å²) in [6.45, 7) is 5.91. The summed E-state index contributed by atoms with van der Waals surface area (Å²) in [5, 5.41) is 10.4. The molecule has 1 saturated heterocycles. The zero-order valence-electron chi connectivity index (χ0n) is 12.5. The molecule has 0 radical (unpaired) electrons. The van der Waals surface area contributed by atoms with Crippen LogP contribution in [0, 0.1) is 24.2 Å². The fourth-order valence-corrected chi connectivity index (χ4v) is 3.95. The Morgan fingerprint density at radius 2 is 2.24 bits per heavy atom. The maximum absolute atomic E-state index is 12.5. The predicted octanol–water partition coefficient (Wildman–Crippen LogP) is 2.41. The summed E-state index contributed by atoms with van der Waals surface area (Å²) in [6.07, 6.45) is 2.29. The molecule has 0 saturated carbocycles. The van der Waals surface area contributed by atoms with Gasteiger partial charge in [0.2, 0.25) is 0 Å². The molecule has 5 nitrogen and oxygen atoms in total. The third-order valence-corrected chi connectivity index (χ3v) is 5.13. The van der Waals surface area contributed by atoms with Crippen LogP contribution in [0.4, 0.5) is 5.69 Å². The highest BCUT2D eigenvalue weighted by Gasteiger charge is 2.26. The van der Waals surface area contributed by atoms with Gasteiger partial charge in [-0.2, -0.15) is 5.26 Å². The Morgan fingerprint density at radius 3 is 2.90 bits per heavy atom. The second-order valence-electron chi connectivity index (χ2n) is 5.78. The molecule has 0 aliphatic carbocycles. The first kappa shape index (κ1) is 14.1. The van der Waals surface area contributed by atoms with Gasteiger partial charge < -0.3 is 9.47 Å². The van der Waals surface area contributed by atoms with Crippen LogP contribution in [0.5, 0.6) is 0 Å². The van der Waals surface area contributed by atoms with Gasteiger partial charge in [0.15, 0.2) is 0 Å². The first-order chi connectivity index (χ1) is 10.0. The quantitative estimate of drug-likeness (QED) is 0.811. The molecule has 0 spiro atoms. The van der Waals surface area contributed by atoms with Crippen molar-refractivity contribution in [3.8, 4) is 6.07 Å². The maximum Gasteiger partial charge on any atom is 0.271 e. The van der Waals surface area contributed by atoms with Crippen LogP contribution < -0.4 is 10.5 Å². The summed E-state index contributed by atoms with van der Waals surface area (Å²) in [7, 11) is 1.71. The molecule has 21 heavy (non-hydrogen) atoms. The standard InChI is InChI=1S/C15H18N4OS/c1-9-5-4-6-19(8-9)13-11(7-16)14(20)18(3)15-12(13)17-10(2)21-15/h9H,4-6,8H2,1-3H3. The van der Waals surface area contributed by atoms with E-state index in [2.05, 4.69) is 22.9 Å². The van der Waals surface area contributed by atoms with E-state index in [4.69, 9.17) is 0 Å². The van der Waals surface area contributed by atoms with E-state index in [1.165, 1.54) is 17.8 Å². The smallest absolute Gasteiger partial charge is 0.271 e. The molecular formula is C15H18N4OS. The van der Waals surface area contributed by atoms with Crippen LogP contribution in [0.15, 0.2) is 4.79 Å². The zero-order chi connectivity index (χ0) is 15.1. The van der Waals surface area contributed by atoms with Crippen molar-refractivity contribution in [3.63, 3.8) is 0 Å². The summed E-state index contributed by atoms with van der Waals surface area (Å²) in [4.78, 5) is 20.1. The summed E-state index contributed by atoms with van der Waals surface area (Å²) >= 11 is 1.51. The number of rotatable bonds is 1. The van der Waals surface area contributed by atoms with Crippen LogP contribution >= 0.6 is 11.3 Å². The second-order valence-corrected chi connectivity index (χ2v) is 6.96. The monoisotopic (exact) mass is 302 g/mol. The summed E-state index contributed by atoms with van der Waals surface area (Å²) in [5.41, 5.74) is 1.54. The number of anilines is 1. The van der Waals surface area contributed by atoms with E-state index in [-0.39, 0.29) is 11.1 Å². The average molecular weight is 302 g/mol. The fraction of sp³-hybridized carbons (Fsp3) is 0.533. The van der Waals surface area contributed by atoms with E-state index in [1.54, 1.807) is 11.6 Å². The molecule has 110 valence electrons. The third kappa shape index (κ3) is 2.22. The second kappa shape index (κ2) is 5.15. The number of fused-ring (bicyclic) bond motifs is 1. The Hall–Kier alpha value is -1.87. The van der Waals surface area contributed by atoms with Gasteiger partial charge in [-0.05, 0) is 25.7 Å². The minimum atomic E-state index is -0.220. The molecule has 3 rings (SSSR count). The molecule has 6 heteroatoms. The average Bonchev–Trinajstić information content (AvgIpc) is 2.84. The molecule has 0 aromatic carbocycles. The lowest BCUT2D eigenvalue weighted by Gasteiger charge is -2.33. The van der Waals surface area contributed by atoms with Crippen LogP contribution in [0.2, 0.25) is 0 Å². The number of aromatic nitrogens is 2. The van der Waals surface area contributed by atoms with E-state index < -0.39 is 0 Å².